The van der Waals surface area contributed by atoms with E-state index in [0.717, 1.165) is 18.5 Å². The average Bonchev–Trinajstić information content (AvgIpc) is 3.09. The smallest absolute Gasteiger partial charge is 0.410 e. The Morgan fingerprint density at radius 3 is 2.94 bits per heavy atom. The van der Waals surface area contributed by atoms with Gasteiger partial charge in [0.1, 0.15) is 6.61 Å². The number of nitrogens with zero attached hydrogens (tertiary/aromatic N) is 1. The summed E-state index contributed by atoms with van der Waals surface area (Å²) >= 11 is 3.63. The summed E-state index contributed by atoms with van der Waals surface area (Å²) in [5.41, 5.74) is 1.03. The zero-order valence-electron chi connectivity index (χ0n) is 10.1. The summed E-state index contributed by atoms with van der Waals surface area (Å²) in [6, 6.07) is 10.2. The van der Waals surface area contributed by atoms with Crippen molar-refractivity contribution < 1.29 is 9.53 Å². The first-order valence-corrected chi connectivity index (χ1v) is 7.30. The normalized spacial score (nSPS) is 29.6. The van der Waals surface area contributed by atoms with E-state index in [0.29, 0.717) is 23.4 Å². The van der Waals surface area contributed by atoms with Crippen LogP contribution in [0.2, 0.25) is 0 Å². The van der Waals surface area contributed by atoms with Crippen LogP contribution in [0.25, 0.3) is 0 Å². The number of hydrogen-bond donors (Lipinski definition) is 0. The lowest BCUT2D eigenvalue weighted by molar-refractivity contribution is 0.0860. The molecule has 0 bridgehead atoms. The Morgan fingerprint density at radius 1 is 1.39 bits per heavy atom. The summed E-state index contributed by atoms with van der Waals surface area (Å²) in [5.74, 6) is 0.642. The maximum absolute atomic E-state index is 12.0. The molecule has 1 aliphatic carbocycles. The molecule has 4 heteroatoms. The minimum absolute atomic E-state index is 0.171. The number of piperidine rings is 1. The van der Waals surface area contributed by atoms with Gasteiger partial charge in [0.2, 0.25) is 0 Å². The molecule has 0 aromatic heterocycles. The van der Waals surface area contributed by atoms with Crippen molar-refractivity contribution in [2.24, 2.45) is 5.92 Å². The summed E-state index contributed by atoms with van der Waals surface area (Å²) in [5, 5.41) is 0. The molecule has 1 aromatic carbocycles. The molecule has 1 aliphatic heterocycles. The van der Waals surface area contributed by atoms with Gasteiger partial charge in [-0.25, -0.2) is 4.79 Å². The summed E-state index contributed by atoms with van der Waals surface area (Å²) in [6.07, 6.45) is 2.14. The lowest BCUT2D eigenvalue weighted by atomic mass is 10.1. The highest BCUT2D eigenvalue weighted by molar-refractivity contribution is 9.09. The SMILES string of the molecule is O=C(OCc1ccccc1)N1CCC[C@@H]2[C@@H](Br)[C@@H]21. The average molecular weight is 310 g/mol. The molecule has 1 saturated heterocycles. The molecule has 2 aliphatic rings. The van der Waals surface area contributed by atoms with Crippen molar-refractivity contribution in [3.8, 4) is 0 Å². The van der Waals surface area contributed by atoms with Crippen LogP contribution in [0.4, 0.5) is 4.79 Å². The van der Waals surface area contributed by atoms with Gasteiger partial charge in [0, 0.05) is 11.4 Å². The number of alkyl halides is 1. The molecule has 0 spiro atoms. The van der Waals surface area contributed by atoms with E-state index in [-0.39, 0.29) is 6.09 Å². The summed E-state index contributed by atoms with van der Waals surface area (Å²) in [6.45, 7) is 1.19. The molecule has 0 radical (unpaired) electrons. The van der Waals surface area contributed by atoms with Crippen LogP contribution in [0.1, 0.15) is 18.4 Å². The van der Waals surface area contributed by atoms with Gasteiger partial charge in [-0.3, -0.25) is 0 Å². The largest absolute Gasteiger partial charge is 0.445 e. The number of amides is 1. The van der Waals surface area contributed by atoms with Crippen molar-refractivity contribution >= 4 is 22.0 Å². The van der Waals surface area contributed by atoms with Gasteiger partial charge in [-0.05, 0) is 24.3 Å². The Balaban J connectivity index is 1.56. The first kappa shape index (κ1) is 12.0. The minimum atomic E-state index is -0.171. The van der Waals surface area contributed by atoms with Gasteiger partial charge in [0.05, 0.1) is 6.04 Å². The molecule has 18 heavy (non-hydrogen) atoms. The zero-order valence-corrected chi connectivity index (χ0v) is 11.7. The first-order valence-electron chi connectivity index (χ1n) is 6.39. The quantitative estimate of drug-likeness (QED) is 0.785. The summed E-state index contributed by atoms with van der Waals surface area (Å²) in [4.78, 5) is 14.4. The third-order valence-electron chi connectivity index (χ3n) is 3.77. The van der Waals surface area contributed by atoms with E-state index >= 15 is 0 Å². The Bertz CT molecular complexity index is 437. The van der Waals surface area contributed by atoms with Crippen LogP contribution >= 0.6 is 15.9 Å². The Morgan fingerprint density at radius 2 is 2.17 bits per heavy atom. The topological polar surface area (TPSA) is 29.5 Å². The number of halogens is 1. The van der Waals surface area contributed by atoms with Crippen LogP contribution in [0.3, 0.4) is 0 Å². The highest BCUT2D eigenvalue weighted by Gasteiger charge is 2.55. The van der Waals surface area contributed by atoms with Crippen molar-refractivity contribution in [1.29, 1.82) is 0 Å². The van der Waals surface area contributed by atoms with Gasteiger partial charge in [-0.15, -0.1) is 0 Å². The van der Waals surface area contributed by atoms with Crippen LogP contribution in [-0.2, 0) is 11.3 Å². The summed E-state index contributed by atoms with van der Waals surface area (Å²) in [7, 11) is 0. The van der Waals surface area contributed by atoms with Gasteiger partial charge in [0.25, 0.3) is 0 Å². The molecular weight excluding hydrogens is 294 g/mol. The fraction of sp³-hybridized carbons (Fsp3) is 0.500. The van der Waals surface area contributed by atoms with E-state index < -0.39 is 0 Å². The van der Waals surface area contributed by atoms with Crippen molar-refractivity contribution in [2.75, 3.05) is 6.54 Å². The summed E-state index contributed by atoms with van der Waals surface area (Å²) < 4.78 is 5.38. The highest BCUT2D eigenvalue weighted by atomic mass is 79.9. The Labute approximate surface area is 115 Å². The van der Waals surface area contributed by atoms with Gasteiger partial charge >= 0.3 is 6.09 Å². The molecule has 3 rings (SSSR count). The van der Waals surface area contributed by atoms with Crippen LogP contribution in [0.15, 0.2) is 30.3 Å². The predicted molar refractivity (Wildman–Crippen MR) is 72.6 cm³/mol. The molecule has 3 atom stereocenters. The van der Waals surface area contributed by atoms with Crippen molar-refractivity contribution in [2.45, 2.75) is 30.3 Å². The zero-order chi connectivity index (χ0) is 12.5. The minimum Gasteiger partial charge on any atom is -0.445 e. The second-order valence-electron chi connectivity index (χ2n) is 4.97. The number of benzene rings is 1. The van der Waals surface area contributed by atoms with E-state index in [4.69, 9.17) is 4.74 Å². The number of rotatable bonds is 2. The van der Waals surface area contributed by atoms with Crippen LogP contribution in [0.5, 0.6) is 0 Å². The van der Waals surface area contributed by atoms with Crippen molar-refractivity contribution in [1.82, 2.24) is 4.90 Å². The van der Waals surface area contributed by atoms with E-state index in [2.05, 4.69) is 15.9 Å². The van der Waals surface area contributed by atoms with Crippen LogP contribution < -0.4 is 0 Å². The fourth-order valence-corrected chi connectivity index (χ4v) is 3.79. The van der Waals surface area contributed by atoms with Gasteiger partial charge in [0.15, 0.2) is 0 Å². The number of carbonyl (C=O) groups is 1. The van der Waals surface area contributed by atoms with Crippen LogP contribution in [0, 0.1) is 5.92 Å². The Kier molecular flexibility index (Phi) is 3.29. The van der Waals surface area contributed by atoms with Gasteiger partial charge in [-0.2, -0.15) is 0 Å². The molecule has 1 heterocycles. The molecule has 3 nitrogen and oxygen atoms in total. The molecule has 96 valence electrons. The maximum atomic E-state index is 12.0. The van der Waals surface area contributed by atoms with Gasteiger partial charge in [-0.1, -0.05) is 46.3 Å². The number of ether oxygens (including phenoxy) is 1. The third-order valence-corrected chi connectivity index (χ3v) is 4.99. The first-order chi connectivity index (χ1) is 8.77. The standard InChI is InChI=1S/C14H16BrNO2/c15-12-11-7-4-8-16(13(11)12)14(17)18-9-10-5-2-1-3-6-10/h1-3,5-6,11-13H,4,7-9H2/t11-,12-,13-/m1/s1. The second kappa shape index (κ2) is 4.92. The molecule has 0 N–H and O–H groups in total. The fourth-order valence-electron chi connectivity index (χ4n) is 2.71. The van der Waals surface area contributed by atoms with Crippen LogP contribution in [-0.4, -0.2) is 28.4 Å². The molecule has 1 amide bonds. The van der Waals surface area contributed by atoms with Crippen molar-refractivity contribution in [3.63, 3.8) is 0 Å². The van der Waals surface area contributed by atoms with E-state index in [1.165, 1.54) is 6.42 Å². The molecule has 1 aromatic rings. The molecule has 1 saturated carbocycles. The van der Waals surface area contributed by atoms with E-state index in [9.17, 15) is 4.79 Å². The monoisotopic (exact) mass is 309 g/mol. The highest BCUT2D eigenvalue weighted by Crippen LogP contribution is 2.48. The van der Waals surface area contributed by atoms with Crippen molar-refractivity contribution in [3.05, 3.63) is 35.9 Å². The number of fused-ring (bicyclic) bond motifs is 1. The predicted octanol–water partition coefficient (Wildman–Crippen LogP) is 3.18. The molecule has 0 unspecified atom stereocenters. The lowest BCUT2D eigenvalue weighted by Crippen LogP contribution is -2.38. The van der Waals surface area contributed by atoms with E-state index in [1.54, 1.807) is 0 Å². The van der Waals surface area contributed by atoms with E-state index in [1.807, 2.05) is 35.2 Å². The third kappa shape index (κ3) is 2.26. The number of likely N-dealkylation sites (tertiary alicyclic amines) is 1. The lowest BCUT2D eigenvalue weighted by Gasteiger charge is -2.25. The number of carbonyl (C=O) groups excluding carboxylic acids is 1. The van der Waals surface area contributed by atoms with Gasteiger partial charge < -0.3 is 9.64 Å². The number of hydrogen-bond acceptors (Lipinski definition) is 2. The molecular formula is C14H16BrNO2. The Hall–Kier alpha value is -1.03. The second-order valence-corrected chi connectivity index (χ2v) is 6.03. The maximum Gasteiger partial charge on any atom is 0.410 e. The molecule has 2 fully saturated rings.